The van der Waals surface area contributed by atoms with Crippen LogP contribution in [0, 0.1) is 17.5 Å². The lowest BCUT2D eigenvalue weighted by molar-refractivity contribution is -0.122. The molecule has 1 aromatic rings. The van der Waals surface area contributed by atoms with Gasteiger partial charge >= 0.3 is 0 Å². The molecule has 0 radical (unpaired) electrons. The molecule has 0 spiro atoms. The van der Waals surface area contributed by atoms with E-state index < -0.39 is 30.1 Å². The summed E-state index contributed by atoms with van der Waals surface area (Å²) in [6.07, 6.45) is 1.77. The summed E-state index contributed by atoms with van der Waals surface area (Å²) >= 11 is 0. The molecule has 6 heteroatoms. The Bertz CT molecular complexity index is 429. The highest BCUT2D eigenvalue weighted by Gasteiger charge is 2.18. The second kappa shape index (κ2) is 7.13. The first kappa shape index (κ1) is 15.5. The van der Waals surface area contributed by atoms with Gasteiger partial charge in [-0.25, -0.2) is 13.2 Å². The van der Waals surface area contributed by atoms with Gasteiger partial charge in [-0.05, 0) is 24.1 Å². The molecule has 0 aromatic heterocycles. The minimum atomic E-state index is -1.57. The van der Waals surface area contributed by atoms with E-state index in [2.05, 4.69) is 5.32 Å². The number of hydrogen-bond acceptors (Lipinski definition) is 2. The molecule has 0 saturated carbocycles. The quantitative estimate of drug-likeness (QED) is 0.783. The van der Waals surface area contributed by atoms with Gasteiger partial charge in [0.25, 0.3) is 0 Å². The Morgan fingerprint density at radius 3 is 2.37 bits per heavy atom. The molecular formula is C13H16F3NO2. The van der Waals surface area contributed by atoms with Crippen molar-refractivity contribution in [2.45, 2.75) is 32.2 Å². The summed E-state index contributed by atoms with van der Waals surface area (Å²) in [6, 6.07) is 0.577. The summed E-state index contributed by atoms with van der Waals surface area (Å²) in [5.74, 6) is -4.60. The maximum absolute atomic E-state index is 13.1. The number of aliphatic hydroxyl groups excluding tert-OH is 1. The molecule has 1 amide bonds. The topological polar surface area (TPSA) is 49.3 Å². The van der Waals surface area contributed by atoms with Gasteiger partial charge in [-0.1, -0.05) is 13.3 Å². The van der Waals surface area contributed by atoms with E-state index in [1.54, 1.807) is 0 Å². The predicted molar refractivity (Wildman–Crippen MR) is 63.8 cm³/mol. The minimum Gasteiger partial charge on any atom is -0.394 e. The van der Waals surface area contributed by atoms with Gasteiger partial charge in [0.2, 0.25) is 5.91 Å². The van der Waals surface area contributed by atoms with E-state index in [1.165, 1.54) is 0 Å². The number of amides is 1. The SMILES string of the molecule is CCCCC(=O)NC(CO)c1cc(F)c(F)c(F)c1. The molecule has 1 aromatic carbocycles. The Morgan fingerprint density at radius 1 is 1.32 bits per heavy atom. The molecule has 0 aliphatic carbocycles. The van der Waals surface area contributed by atoms with Crippen molar-refractivity contribution in [3.05, 3.63) is 35.1 Å². The van der Waals surface area contributed by atoms with Crippen LogP contribution in [0.25, 0.3) is 0 Å². The minimum absolute atomic E-state index is 0.0104. The first-order valence-corrected chi connectivity index (χ1v) is 6.04. The third kappa shape index (κ3) is 4.24. The van der Waals surface area contributed by atoms with Crippen molar-refractivity contribution in [1.29, 1.82) is 0 Å². The number of halogens is 3. The van der Waals surface area contributed by atoms with Gasteiger partial charge in [0.15, 0.2) is 17.5 Å². The Morgan fingerprint density at radius 2 is 1.89 bits per heavy atom. The predicted octanol–water partition coefficient (Wildman–Crippen LogP) is 2.44. The molecule has 0 aliphatic rings. The van der Waals surface area contributed by atoms with Crippen LogP contribution in [0.1, 0.15) is 37.8 Å². The van der Waals surface area contributed by atoms with Crippen LogP contribution in [0.4, 0.5) is 13.2 Å². The summed E-state index contributed by atoms with van der Waals surface area (Å²) in [7, 11) is 0. The molecule has 1 rings (SSSR count). The highest BCUT2D eigenvalue weighted by molar-refractivity contribution is 5.76. The van der Waals surface area contributed by atoms with Gasteiger partial charge in [0.1, 0.15) is 0 Å². The van der Waals surface area contributed by atoms with Crippen molar-refractivity contribution in [2.75, 3.05) is 6.61 Å². The van der Waals surface area contributed by atoms with E-state index >= 15 is 0 Å². The van der Waals surface area contributed by atoms with Gasteiger partial charge in [-0.2, -0.15) is 0 Å². The zero-order valence-electron chi connectivity index (χ0n) is 10.5. The molecule has 0 saturated heterocycles. The molecule has 3 nitrogen and oxygen atoms in total. The van der Waals surface area contributed by atoms with E-state index in [-0.39, 0.29) is 17.9 Å². The number of hydrogen-bond donors (Lipinski definition) is 2. The third-order valence-electron chi connectivity index (χ3n) is 2.68. The number of aliphatic hydroxyl groups is 1. The smallest absolute Gasteiger partial charge is 0.220 e. The molecule has 0 aliphatic heterocycles. The fourth-order valence-electron chi connectivity index (χ4n) is 1.61. The Kier molecular flexibility index (Phi) is 5.82. The third-order valence-corrected chi connectivity index (χ3v) is 2.68. The largest absolute Gasteiger partial charge is 0.394 e. The van der Waals surface area contributed by atoms with Crippen molar-refractivity contribution in [1.82, 2.24) is 5.32 Å². The Labute approximate surface area is 109 Å². The molecule has 2 N–H and O–H groups in total. The van der Waals surface area contributed by atoms with Crippen molar-refractivity contribution < 1.29 is 23.1 Å². The normalized spacial score (nSPS) is 12.3. The molecule has 0 fully saturated rings. The zero-order chi connectivity index (χ0) is 14.4. The summed E-state index contributed by atoms with van der Waals surface area (Å²) in [5.41, 5.74) is -0.0104. The maximum Gasteiger partial charge on any atom is 0.220 e. The van der Waals surface area contributed by atoms with Crippen LogP contribution in [0.3, 0.4) is 0 Å². The van der Waals surface area contributed by atoms with E-state index in [9.17, 15) is 18.0 Å². The summed E-state index contributed by atoms with van der Waals surface area (Å²) in [6.45, 7) is 1.39. The van der Waals surface area contributed by atoms with E-state index in [1.807, 2.05) is 6.92 Å². The van der Waals surface area contributed by atoms with Crippen LogP contribution >= 0.6 is 0 Å². The molecular weight excluding hydrogens is 259 g/mol. The van der Waals surface area contributed by atoms with Crippen molar-refractivity contribution >= 4 is 5.91 Å². The van der Waals surface area contributed by atoms with Crippen LogP contribution in [-0.2, 0) is 4.79 Å². The lowest BCUT2D eigenvalue weighted by atomic mass is 10.1. The average molecular weight is 275 g/mol. The van der Waals surface area contributed by atoms with Crippen LogP contribution in [0.2, 0.25) is 0 Å². The van der Waals surface area contributed by atoms with E-state index in [0.29, 0.717) is 6.42 Å². The number of carbonyl (C=O) groups is 1. The zero-order valence-corrected chi connectivity index (χ0v) is 10.5. The highest BCUT2D eigenvalue weighted by atomic mass is 19.2. The Balaban J connectivity index is 2.83. The second-order valence-electron chi connectivity index (χ2n) is 4.20. The maximum atomic E-state index is 13.1. The Hall–Kier alpha value is -1.56. The van der Waals surface area contributed by atoms with Crippen LogP contribution in [0.5, 0.6) is 0 Å². The number of benzene rings is 1. The van der Waals surface area contributed by atoms with Crippen LogP contribution in [0.15, 0.2) is 12.1 Å². The van der Waals surface area contributed by atoms with Crippen molar-refractivity contribution in [3.63, 3.8) is 0 Å². The molecule has 1 atom stereocenters. The van der Waals surface area contributed by atoms with E-state index in [0.717, 1.165) is 18.6 Å². The van der Waals surface area contributed by atoms with Gasteiger partial charge in [0, 0.05) is 6.42 Å². The van der Waals surface area contributed by atoms with E-state index in [4.69, 9.17) is 5.11 Å². The number of nitrogens with one attached hydrogen (secondary N) is 1. The number of carbonyl (C=O) groups excluding carboxylic acids is 1. The first-order valence-electron chi connectivity index (χ1n) is 6.04. The summed E-state index contributed by atoms with van der Waals surface area (Å²) < 4.78 is 38.9. The standard InChI is InChI=1S/C13H16F3NO2/c1-2-3-4-12(19)17-11(7-18)8-5-9(14)13(16)10(15)6-8/h5-6,11,18H,2-4,7H2,1H3,(H,17,19). The molecule has 19 heavy (non-hydrogen) atoms. The van der Waals surface area contributed by atoms with Crippen molar-refractivity contribution in [3.8, 4) is 0 Å². The monoisotopic (exact) mass is 275 g/mol. The summed E-state index contributed by atoms with van der Waals surface area (Å²) in [5, 5.41) is 11.6. The molecule has 1 unspecified atom stereocenters. The molecule has 0 bridgehead atoms. The lowest BCUT2D eigenvalue weighted by Gasteiger charge is -2.17. The molecule has 0 heterocycles. The summed E-state index contributed by atoms with van der Waals surface area (Å²) in [4.78, 5) is 11.5. The highest BCUT2D eigenvalue weighted by Crippen LogP contribution is 2.19. The fraction of sp³-hybridized carbons (Fsp3) is 0.462. The van der Waals surface area contributed by atoms with Gasteiger partial charge in [-0.3, -0.25) is 4.79 Å². The fourth-order valence-corrected chi connectivity index (χ4v) is 1.61. The van der Waals surface area contributed by atoms with Gasteiger partial charge in [0.05, 0.1) is 12.6 Å². The van der Waals surface area contributed by atoms with Crippen molar-refractivity contribution in [2.24, 2.45) is 0 Å². The molecule has 106 valence electrons. The number of unbranched alkanes of at least 4 members (excludes halogenated alkanes) is 1. The lowest BCUT2D eigenvalue weighted by Crippen LogP contribution is -2.30. The average Bonchev–Trinajstić information content (AvgIpc) is 2.39. The van der Waals surface area contributed by atoms with Crippen LogP contribution in [-0.4, -0.2) is 17.6 Å². The van der Waals surface area contributed by atoms with Gasteiger partial charge in [-0.15, -0.1) is 0 Å². The first-order chi connectivity index (χ1) is 8.99. The number of rotatable bonds is 6. The van der Waals surface area contributed by atoms with Gasteiger partial charge < -0.3 is 10.4 Å². The second-order valence-corrected chi connectivity index (χ2v) is 4.20. The van der Waals surface area contributed by atoms with Crippen LogP contribution < -0.4 is 5.32 Å².